The van der Waals surface area contributed by atoms with Gasteiger partial charge in [0.1, 0.15) is 0 Å². The molecule has 0 unspecified atom stereocenters. The van der Waals surface area contributed by atoms with Gasteiger partial charge in [-0.25, -0.2) is 0 Å². The highest BCUT2D eigenvalue weighted by molar-refractivity contribution is 6.13. The lowest BCUT2D eigenvalue weighted by Crippen LogP contribution is -2.04. The van der Waals surface area contributed by atoms with Gasteiger partial charge < -0.3 is 14.8 Å². The van der Waals surface area contributed by atoms with Crippen molar-refractivity contribution in [3.05, 3.63) is 47.5 Å². The van der Waals surface area contributed by atoms with E-state index in [1.165, 1.54) is 0 Å². The van der Waals surface area contributed by atoms with Gasteiger partial charge in [0, 0.05) is 52.3 Å². The number of aromatic nitrogens is 1. The van der Waals surface area contributed by atoms with Gasteiger partial charge >= 0.3 is 11.9 Å². The van der Waals surface area contributed by atoms with Gasteiger partial charge in [-0.05, 0) is 43.3 Å². The molecule has 0 saturated heterocycles. The summed E-state index contributed by atoms with van der Waals surface area (Å²) in [7, 11) is 0. The Hall–Kier alpha value is -3.48. The third-order valence-electron chi connectivity index (χ3n) is 4.96. The van der Waals surface area contributed by atoms with E-state index in [0.717, 1.165) is 21.8 Å². The Bertz CT molecular complexity index is 1050. The minimum atomic E-state index is -1.02. The minimum Gasteiger partial charge on any atom is -0.481 e. The Balaban J connectivity index is 2.07. The summed E-state index contributed by atoms with van der Waals surface area (Å²) in [6.07, 6.45) is -0.607. The van der Waals surface area contributed by atoms with Crippen LogP contribution in [0.1, 0.15) is 53.3 Å². The maximum atomic E-state index is 12.3. The van der Waals surface area contributed by atoms with Crippen molar-refractivity contribution in [3.63, 3.8) is 0 Å². The Kier molecular flexibility index (Phi) is 5.77. The number of carbonyl (C=O) groups excluding carboxylic acids is 2. The first-order valence-electron chi connectivity index (χ1n) is 9.37. The molecular formula is C22H21NO6. The van der Waals surface area contributed by atoms with Crippen LogP contribution in [0.5, 0.6) is 0 Å². The van der Waals surface area contributed by atoms with Crippen molar-refractivity contribution in [2.75, 3.05) is 0 Å². The number of fused-ring (bicyclic) bond motifs is 3. The van der Waals surface area contributed by atoms with Gasteiger partial charge in [-0.1, -0.05) is 0 Å². The molecule has 0 bridgehead atoms. The first-order chi connectivity index (χ1) is 13.8. The number of hydrogen-bond donors (Lipinski definition) is 2. The number of hydrogen-bond acceptors (Lipinski definition) is 4. The van der Waals surface area contributed by atoms with Crippen molar-refractivity contribution in [3.8, 4) is 0 Å². The summed E-state index contributed by atoms with van der Waals surface area (Å²) < 4.78 is 2.07. The fourth-order valence-electron chi connectivity index (χ4n) is 3.52. The number of carboxylic acid groups (broad SMARTS) is 2. The smallest absolute Gasteiger partial charge is 0.303 e. The van der Waals surface area contributed by atoms with E-state index in [9.17, 15) is 19.2 Å². The lowest BCUT2D eigenvalue weighted by Gasteiger charge is -2.04. The Morgan fingerprint density at radius 2 is 1.14 bits per heavy atom. The lowest BCUT2D eigenvalue weighted by molar-refractivity contribution is -0.137. The van der Waals surface area contributed by atoms with E-state index in [1.54, 1.807) is 24.3 Å². The Morgan fingerprint density at radius 3 is 1.48 bits per heavy atom. The number of Topliss-reactive ketones (excluding diaryl/α,β-unsaturated/α-hetero) is 2. The van der Waals surface area contributed by atoms with Gasteiger partial charge in [0.2, 0.25) is 0 Å². The van der Waals surface area contributed by atoms with Crippen LogP contribution in [0.2, 0.25) is 0 Å². The van der Waals surface area contributed by atoms with E-state index in [1.807, 2.05) is 19.1 Å². The van der Waals surface area contributed by atoms with Gasteiger partial charge in [0.05, 0.1) is 12.8 Å². The summed E-state index contributed by atoms with van der Waals surface area (Å²) in [5, 5.41) is 19.2. The molecule has 2 N–H and O–H groups in total. The summed E-state index contributed by atoms with van der Waals surface area (Å²) in [5.41, 5.74) is 2.67. The number of benzene rings is 2. The van der Waals surface area contributed by atoms with Crippen molar-refractivity contribution in [1.82, 2.24) is 4.57 Å². The summed E-state index contributed by atoms with van der Waals surface area (Å²) in [6.45, 7) is 2.69. The first kappa shape index (κ1) is 20.3. The van der Waals surface area contributed by atoms with E-state index >= 15 is 0 Å². The average molecular weight is 395 g/mol. The van der Waals surface area contributed by atoms with Crippen LogP contribution in [0.25, 0.3) is 21.8 Å². The second-order valence-corrected chi connectivity index (χ2v) is 6.84. The first-order valence-corrected chi connectivity index (χ1v) is 9.37. The molecule has 0 atom stereocenters. The van der Waals surface area contributed by atoms with E-state index in [0.29, 0.717) is 17.7 Å². The predicted molar refractivity (Wildman–Crippen MR) is 108 cm³/mol. The van der Waals surface area contributed by atoms with Crippen molar-refractivity contribution in [2.24, 2.45) is 0 Å². The maximum Gasteiger partial charge on any atom is 0.303 e. The fraction of sp³-hybridized carbons (Fsp3) is 0.273. The second kappa shape index (κ2) is 8.26. The molecule has 0 amide bonds. The molecule has 1 heterocycles. The topological polar surface area (TPSA) is 114 Å². The number of aliphatic carboxylic acids is 2. The van der Waals surface area contributed by atoms with E-state index in [4.69, 9.17) is 10.2 Å². The monoisotopic (exact) mass is 395 g/mol. The number of rotatable bonds is 9. The molecule has 0 saturated carbocycles. The molecule has 0 radical (unpaired) electrons. The zero-order valence-corrected chi connectivity index (χ0v) is 16.0. The van der Waals surface area contributed by atoms with Crippen molar-refractivity contribution < 1.29 is 29.4 Å². The quantitative estimate of drug-likeness (QED) is 0.531. The van der Waals surface area contributed by atoms with Crippen LogP contribution >= 0.6 is 0 Å². The highest BCUT2D eigenvalue weighted by atomic mass is 16.4. The summed E-state index contributed by atoms with van der Waals surface area (Å²) in [6, 6.07) is 10.5. The number of ketones is 2. The van der Waals surface area contributed by atoms with Crippen molar-refractivity contribution >= 4 is 45.3 Å². The molecule has 3 rings (SSSR count). The summed E-state index contributed by atoms with van der Waals surface area (Å²) >= 11 is 0. The third kappa shape index (κ3) is 4.18. The van der Waals surface area contributed by atoms with Crippen LogP contribution in [0.4, 0.5) is 0 Å². The Morgan fingerprint density at radius 1 is 0.724 bits per heavy atom. The fourth-order valence-corrected chi connectivity index (χ4v) is 3.52. The highest BCUT2D eigenvalue weighted by Crippen LogP contribution is 2.31. The number of aryl methyl sites for hydroxylation is 1. The molecule has 1 aromatic heterocycles. The van der Waals surface area contributed by atoms with Crippen LogP contribution in [0, 0.1) is 0 Å². The summed E-state index contributed by atoms with van der Waals surface area (Å²) in [5.74, 6) is -2.54. The predicted octanol–water partition coefficient (Wildman–Crippen LogP) is 3.91. The third-order valence-corrected chi connectivity index (χ3v) is 4.96. The number of nitrogens with zero attached hydrogens (tertiary/aromatic N) is 1. The molecule has 0 aliphatic carbocycles. The van der Waals surface area contributed by atoms with Gasteiger partial charge in [-0.2, -0.15) is 0 Å². The van der Waals surface area contributed by atoms with Crippen LogP contribution in [0.3, 0.4) is 0 Å². The van der Waals surface area contributed by atoms with E-state index in [2.05, 4.69) is 4.57 Å². The zero-order chi connectivity index (χ0) is 21.1. The standard InChI is InChI=1S/C22H21NO6/c1-2-23-17-5-3-13(19(24)7-9-21(26)27)11-15(17)16-12-14(4-6-18(16)23)20(25)8-10-22(28)29/h3-6,11-12H,2,7-10H2,1H3,(H,26,27)(H,28,29). The zero-order valence-electron chi connectivity index (χ0n) is 16.0. The molecule has 29 heavy (non-hydrogen) atoms. The molecule has 3 aromatic rings. The van der Waals surface area contributed by atoms with Crippen molar-refractivity contribution in [2.45, 2.75) is 39.2 Å². The molecule has 0 fully saturated rings. The van der Waals surface area contributed by atoms with Crippen LogP contribution in [0.15, 0.2) is 36.4 Å². The second-order valence-electron chi connectivity index (χ2n) is 6.84. The molecule has 0 spiro atoms. The van der Waals surface area contributed by atoms with E-state index in [-0.39, 0.29) is 37.2 Å². The largest absolute Gasteiger partial charge is 0.481 e. The maximum absolute atomic E-state index is 12.3. The summed E-state index contributed by atoms with van der Waals surface area (Å²) in [4.78, 5) is 46.2. The van der Waals surface area contributed by atoms with Crippen molar-refractivity contribution in [1.29, 1.82) is 0 Å². The van der Waals surface area contributed by atoms with Gasteiger partial charge in [0.15, 0.2) is 11.6 Å². The van der Waals surface area contributed by atoms with E-state index < -0.39 is 11.9 Å². The van der Waals surface area contributed by atoms with Crippen LogP contribution in [-0.4, -0.2) is 38.3 Å². The highest BCUT2D eigenvalue weighted by Gasteiger charge is 2.16. The molecular weight excluding hydrogens is 374 g/mol. The number of carbonyl (C=O) groups is 4. The molecule has 7 heteroatoms. The normalized spacial score (nSPS) is 11.1. The van der Waals surface area contributed by atoms with Crippen LogP contribution in [-0.2, 0) is 16.1 Å². The SMILES string of the molecule is CCn1c2ccc(C(=O)CCC(=O)O)cc2c2cc(C(=O)CCC(=O)O)ccc21. The minimum absolute atomic E-state index is 0.0772. The molecule has 0 aliphatic rings. The van der Waals surface area contributed by atoms with Crippen LogP contribution < -0.4 is 0 Å². The van der Waals surface area contributed by atoms with Gasteiger partial charge in [-0.3, -0.25) is 19.2 Å². The van der Waals surface area contributed by atoms with Gasteiger partial charge in [0.25, 0.3) is 0 Å². The number of carboxylic acids is 2. The lowest BCUT2D eigenvalue weighted by atomic mass is 10.0. The Labute approximate surface area is 166 Å². The average Bonchev–Trinajstić information content (AvgIpc) is 3.02. The molecule has 7 nitrogen and oxygen atoms in total. The molecule has 0 aliphatic heterocycles. The molecule has 150 valence electrons. The van der Waals surface area contributed by atoms with Gasteiger partial charge in [-0.15, -0.1) is 0 Å². The molecule has 2 aromatic carbocycles.